The molecule has 2 atom stereocenters. The van der Waals surface area contributed by atoms with E-state index in [1.165, 1.54) is 0 Å². The number of likely N-dealkylation sites (tertiary alicyclic amines) is 1. The summed E-state index contributed by atoms with van der Waals surface area (Å²) in [6.45, 7) is 7.29. The van der Waals surface area contributed by atoms with E-state index in [1.54, 1.807) is 0 Å². The fraction of sp³-hybridized carbons (Fsp3) is 0.571. The number of nitrogens with zero attached hydrogens (tertiary/aromatic N) is 1. The Balaban J connectivity index is 0.00000180. The molecule has 1 saturated heterocycles. The molecule has 2 N–H and O–H groups in total. The van der Waals surface area contributed by atoms with Crippen molar-refractivity contribution in [1.29, 1.82) is 0 Å². The molecule has 1 heterocycles. The van der Waals surface area contributed by atoms with Crippen LogP contribution in [0.4, 0.5) is 0 Å². The Kier molecular flexibility index (Phi) is 5.96. The summed E-state index contributed by atoms with van der Waals surface area (Å²) in [5.41, 5.74) is 7.23. The van der Waals surface area contributed by atoms with Crippen molar-refractivity contribution in [3.63, 3.8) is 0 Å². The smallest absolute Gasteiger partial charge is 0.0468 e. The van der Waals surface area contributed by atoms with Gasteiger partial charge < -0.3 is 5.73 Å². The van der Waals surface area contributed by atoms with Crippen molar-refractivity contribution >= 4 is 35.6 Å². The molecule has 2 unspecified atom stereocenters. The molecule has 0 bridgehead atoms. The summed E-state index contributed by atoms with van der Waals surface area (Å²) in [6, 6.07) is 6.04. The van der Waals surface area contributed by atoms with E-state index in [1.807, 2.05) is 18.2 Å². The average molecular weight is 324 g/mol. The fourth-order valence-electron chi connectivity index (χ4n) is 2.60. The molecule has 1 aromatic carbocycles. The molecule has 108 valence electrons. The number of nitrogens with two attached hydrogens (primary N) is 1. The van der Waals surface area contributed by atoms with E-state index in [2.05, 4.69) is 18.7 Å². The van der Waals surface area contributed by atoms with Gasteiger partial charge in [0, 0.05) is 22.6 Å². The van der Waals surface area contributed by atoms with Gasteiger partial charge in [-0.15, -0.1) is 12.4 Å². The first-order chi connectivity index (χ1) is 8.45. The van der Waals surface area contributed by atoms with Crippen LogP contribution < -0.4 is 5.73 Å². The Labute approximate surface area is 131 Å². The molecule has 2 nitrogen and oxygen atoms in total. The van der Waals surface area contributed by atoms with Gasteiger partial charge in [0.15, 0.2) is 0 Å². The van der Waals surface area contributed by atoms with Crippen molar-refractivity contribution in [3.8, 4) is 0 Å². The minimum atomic E-state index is 0. The van der Waals surface area contributed by atoms with Crippen LogP contribution in [0.15, 0.2) is 18.2 Å². The normalized spacial score (nSPS) is 25.1. The summed E-state index contributed by atoms with van der Waals surface area (Å²) >= 11 is 12.2. The lowest BCUT2D eigenvalue weighted by Gasteiger charge is -2.28. The van der Waals surface area contributed by atoms with Gasteiger partial charge in [-0.3, -0.25) is 4.90 Å². The maximum absolute atomic E-state index is 6.27. The largest absolute Gasteiger partial charge is 0.330 e. The Morgan fingerprint density at radius 3 is 2.63 bits per heavy atom. The third-order valence-electron chi connectivity index (χ3n) is 4.04. The second-order valence-corrected chi connectivity index (χ2v) is 6.42. The summed E-state index contributed by atoms with van der Waals surface area (Å²) in [5.74, 6) is 0. The first-order valence-corrected chi connectivity index (χ1v) is 7.10. The van der Waals surface area contributed by atoms with Crippen LogP contribution in [-0.2, 0) is 0 Å². The molecular weight excluding hydrogens is 303 g/mol. The van der Waals surface area contributed by atoms with Gasteiger partial charge in [-0.2, -0.15) is 0 Å². The number of halogens is 3. The van der Waals surface area contributed by atoms with Crippen LogP contribution in [-0.4, -0.2) is 24.5 Å². The summed E-state index contributed by atoms with van der Waals surface area (Å²) in [4.78, 5) is 2.45. The molecule has 1 aliphatic rings. The third-order valence-corrected chi connectivity index (χ3v) is 4.60. The maximum atomic E-state index is 6.27. The fourth-order valence-corrected chi connectivity index (χ4v) is 3.16. The summed E-state index contributed by atoms with van der Waals surface area (Å²) in [7, 11) is 0. The number of rotatable bonds is 3. The minimum Gasteiger partial charge on any atom is -0.330 e. The molecule has 2 rings (SSSR count). The quantitative estimate of drug-likeness (QED) is 0.905. The molecule has 1 aromatic rings. The average Bonchev–Trinajstić information content (AvgIpc) is 2.72. The summed E-state index contributed by atoms with van der Waals surface area (Å²) in [6.07, 6.45) is 1.15. The van der Waals surface area contributed by atoms with E-state index in [-0.39, 0.29) is 17.8 Å². The zero-order chi connectivity index (χ0) is 13.3. The van der Waals surface area contributed by atoms with Gasteiger partial charge in [-0.25, -0.2) is 0 Å². The monoisotopic (exact) mass is 322 g/mol. The van der Waals surface area contributed by atoms with Gasteiger partial charge in [-0.1, -0.05) is 36.2 Å². The van der Waals surface area contributed by atoms with Crippen LogP contribution in [0.25, 0.3) is 0 Å². The van der Waals surface area contributed by atoms with Gasteiger partial charge in [0.05, 0.1) is 0 Å². The molecule has 0 spiro atoms. The van der Waals surface area contributed by atoms with Crippen LogP contribution >= 0.6 is 35.6 Å². The predicted octanol–water partition coefficient (Wildman–Crippen LogP) is 4.15. The second-order valence-electron chi connectivity index (χ2n) is 5.58. The second kappa shape index (κ2) is 6.64. The van der Waals surface area contributed by atoms with E-state index in [0.717, 1.165) is 36.6 Å². The van der Waals surface area contributed by atoms with E-state index in [0.29, 0.717) is 11.1 Å². The topological polar surface area (TPSA) is 29.3 Å². The van der Waals surface area contributed by atoms with E-state index < -0.39 is 0 Å². The van der Waals surface area contributed by atoms with Crippen LogP contribution in [0, 0.1) is 5.41 Å². The lowest BCUT2D eigenvalue weighted by atomic mass is 9.90. The van der Waals surface area contributed by atoms with Crippen molar-refractivity contribution in [1.82, 2.24) is 4.90 Å². The van der Waals surface area contributed by atoms with Crippen LogP contribution in [0.5, 0.6) is 0 Å². The zero-order valence-electron chi connectivity index (χ0n) is 11.3. The summed E-state index contributed by atoms with van der Waals surface area (Å²) in [5, 5.41) is 1.43. The van der Waals surface area contributed by atoms with Crippen LogP contribution in [0.2, 0.25) is 10.0 Å². The van der Waals surface area contributed by atoms with Gasteiger partial charge in [0.1, 0.15) is 0 Å². The summed E-state index contributed by atoms with van der Waals surface area (Å²) < 4.78 is 0. The maximum Gasteiger partial charge on any atom is 0.0468 e. The number of hydrogen-bond acceptors (Lipinski definition) is 2. The Morgan fingerprint density at radius 1 is 1.42 bits per heavy atom. The van der Waals surface area contributed by atoms with Gasteiger partial charge in [-0.05, 0) is 49.5 Å². The Morgan fingerprint density at radius 2 is 2.11 bits per heavy atom. The lowest BCUT2D eigenvalue weighted by molar-refractivity contribution is 0.227. The first-order valence-electron chi connectivity index (χ1n) is 6.34. The molecule has 19 heavy (non-hydrogen) atoms. The van der Waals surface area contributed by atoms with Crippen molar-refractivity contribution in [2.24, 2.45) is 11.1 Å². The Hall–Kier alpha value is 0.01000. The lowest BCUT2D eigenvalue weighted by Crippen LogP contribution is -2.32. The van der Waals surface area contributed by atoms with E-state index in [4.69, 9.17) is 28.9 Å². The predicted molar refractivity (Wildman–Crippen MR) is 85.5 cm³/mol. The molecule has 1 fully saturated rings. The first kappa shape index (κ1) is 17.1. The number of benzene rings is 1. The highest BCUT2D eigenvalue weighted by atomic mass is 35.5. The zero-order valence-corrected chi connectivity index (χ0v) is 13.7. The van der Waals surface area contributed by atoms with Gasteiger partial charge >= 0.3 is 0 Å². The molecule has 0 radical (unpaired) electrons. The Bertz CT molecular complexity index is 439. The molecule has 5 heteroatoms. The highest BCUT2D eigenvalue weighted by molar-refractivity contribution is 6.35. The standard InChI is InChI=1S/C14H20Cl2N2.ClH/c1-10(12-4-3-11(15)7-13(12)16)18-6-5-14(2,8-17)9-18;/h3-4,7,10H,5-6,8-9,17H2,1-2H3;1H. The SMILES string of the molecule is CC(c1ccc(Cl)cc1Cl)N1CCC(C)(CN)C1.Cl. The molecule has 0 aromatic heterocycles. The minimum absolute atomic E-state index is 0. The van der Waals surface area contributed by atoms with Gasteiger partial charge in [0.25, 0.3) is 0 Å². The highest BCUT2D eigenvalue weighted by Crippen LogP contribution is 2.36. The van der Waals surface area contributed by atoms with Crippen LogP contribution in [0.3, 0.4) is 0 Å². The molecule has 1 aliphatic heterocycles. The van der Waals surface area contributed by atoms with E-state index in [9.17, 15) is 0 Å². The third kappa shape index (κ3) is 3.77. The highest BCUT2D eigenvalue weighted by Gasteiger charge is 2.35. The van der Waals surface area contributed by atoms with Crippen molar-refractivity contribution in [3.05, 3.63) is 33.8 Å². The van der Waals surface area contributed by atoms with Crippen LogP contribution in [0.1, 0.15) is 31.9 Å². The van der Waals surface area contributed by atoms with Gasteiger partial charge in [0.2, 0.25) is 0 Å². The molecule has 0 saturated carbocycles. The molecule has 0 amide bonds. The molecular formula is C14H21Cl3N2. The molecule has 0 aliphatic carbocycles. The van der Waals surface area contributed by atoms with E-state index >= 15 is 0 Å². The van der Waals surface area contributed by atoms with Crippen molar-refractivity contribution < 1.29 is 0 Å². The van der Waals surface area contributed by atoms with Crippen molar-refractivity contribution in [2.75, 3.05) is 19.6 Å². The number of hydrogen-bond donors (Lipinski definition) is 1. The van der Waals surface area contributed by atoms with Crippen molar-refractivity contribution in [2.45, 2.75) is 26.3 Å².